The van der Waals surface area contributed by atoms with Gasteiger partial charge in [0, 0.05) is 12.6 Å². The molecule has 0 saturated carbocycles. The summed E-state index contributed by atoms with van der Waals surface area (Å²) in [6.45, 7) is 4.19. The summed E-state index contributed by atoms with van der Waals surface area (Å²) in [5.41, 5.74) is 1.91. The van der Waals surface area contributed by atoms with Gasteiger partial charge in [0.05, 0.1) is 0 Å². The molecule has 1 atom stereocenters. The fourth-order valence-electron chi connectivity index (χ4n) is 2.82. The highest BCUT2D eigenvalue weighted by Crippen LogP contribution is 2.30. The predicted molar refractivity (Wildman–Crippen MR) is 106 cm³/mol. The molecule has 2 aromatic carbocycles. The first-order valence-corrected chi connectivity index (χ1v) is 8.62. The van der Waals surface area contributed by atoms with E-state index in [1.807, 2.05) is 13.0 Å². The maximum Gasteiger partial charge on any atom is 0.343 e. The van der Waals surface area contributed by atoms with E-state index in [0.717, 1.165) is 24.9 Å². The SMILES string of the molecule is CC(=O)Nc1ccc(Oc2c(C)cccc2C(=O)OC2CCCN2)cc1.Cl. The molecule has 1 amide bonds. The van der Waals surface area contributed by atoms with E-state index in [1.54, 1.807) is 36.4 Å². The van der Waals surface area contributed by atoms with E-state index in [9.17, 15) is 9.59 Å². The van der Waals surface area contributed by atoms with Gasteiger partial charge in [-0.1, -0.05) is 12.1 Å². The van der Waals surface area contributed by atoms with Crippen molar-refractivity contribution >= 4 is 30.0 Å². The smallest absolute Gasteiger partial charge is 0.343 e. The quantitative estimate of drug-likeness (QED) is 0.753. The van der Waals surface area contributed by atoms with E-state index in [0.29, 0.717) is 22.7 Å². The number of carbonyl (C=O) groups is 2. The lowest BCUT2D eigenvalue weighted by Crippen LogP contribution is -2.27. The van der Waals surface area contributed by atoms with Crippen LogP contribution in [0.5, 0.6) is 11.5 Å². The van der Waals surface area contributed by atoms with Crippen LogP contribution in [0.2, 0.25) is 0 Å². The van der Waals surface area contributed by atoms with Crippen molar-refractivity contribution in [2.24, 2.45) is 0 Å². The average molecular weight is 391 g/mol. The van der Waals surface area contributed by atoms with Crippen molar-refractivity contribution in [2.75, 3.05) is 11.9 Å². The Morgan fingerprint density at radius 3 is 2.52 bits per heavy atom. The van der Waals surface area contributed by atoms with E-state index < -0.39 is 5.97 Å². The first-order chi connectivity index (χ1) is 12.5. The van der Waals surface area contributed by atoms with Crippen molar-refractivity contribution in [1.82, 2.24) is 5.32 Å². The number of anilines is 1. The summed E-state index contributed by atoms with van der Waals surface area (Å²) < 4.78 is 11.5. The molecular formula is C20H23ClN2O4. The highest BCUT2D eigenvalue weighted by molar-refractivity contribution is 5.93. The minimum Gasteiger partial charge on any atom is -0.456 e. The molecule has 0 bridgehead atoms. The van der Waals surface area contributed by atoms with Gasteiger partial charge in [0.2, 0.25) is 5.91 Å². The number of nitrogens with one attached hydrogen (secondary N) is 2. The molecule has 2 N–H and O–H groups in total. The second-order valence-corrected chi connectivity index (χ2v) is 6.25. The summed E-state index contributed by atoms with van der Waals surface area (Å²) in [5.74, 6) is 0.505. The third-order valence-corrected chi connectivity index (χ3v) is 4.09. The van der Waals surface area contributed by atoms with Crippen LogP contribution < -0.4 is 15.4 Å². The van der Waals surface area contributed by atoms with Crippen LogP contribution in [0, 0.1) is 6.92 Å². The van der Waals surface area contributed by atoms with Gasteiger partial charge in [-0.05, 0) is 62.2 Å². The first-order valence-electron chi connectivity index (χ1n) is 8.62. The summed E-state index contributed by atoms with van der Waals surface area (Å²) in [7, 11) is 0. The van der Waals surface area contributed by atoms with Gasteiger partial charge in [-0.15, -0.1) is 12.4 Å². The van der Waals surface area contributed by atoms with Crippen LogP contribution in [0.25, 0.3) is 0 Å². The number of hydrogen-bond acceptors (Lipinski definition) is 5. The molecule has 1 saturated heterocycles. The number of benzene rings is 2. The van der Waals surface area contributed by atoms with Gasteiger partial charge in [-0.25, -0.2) is 4.79 Å². The molecule has 1 fully saturated rings. The average Bonchev–Trinajstić information content (AvgIpc) is 3.10. The molecule has 6 nitrogen and oxygen atoms in total. The molecule has 1 aliphatic heterocycles. The molecule has 0 radical (unpaired) electrons. The Morgan fingerprint density at radius 2 is 1.89 bits per heavy atom. The van der Waals surface area contributed by atoms with Crippen LogP contribution in [0.1, 0.15) is 35.7 Å². The Hall–Kier alpha value is -2.57. The Labute approximate surface area is 164 Å². The molecule has 0 aromatic heterocycles. The molecule has 0 aliphatic carbocycles. The number of amides is 1. The van der Waals surface area contributed by atoms with E-state index in [-0.39, 0.29) is 24.5 Å². The third-order valence-electron chi connectivity index (χ3n) is 4.09. The highest BCUT2D eigenvalue weighted by Gasteiger charge is 2.22. The Balaban J connectivity index is 0.00000261. The van der Waals surface area contributed by atoms with Gasteiger partial charge in [-0.3, -0.25) is 10.1 Å². The van der Waals surface area contributed by atoms with Crippen molar-refractivity contribution in [1.29, 1.82) is 0 Å². The normalized spacial score (nSPS) is 15.6. The van der Waals surface area contributed by atoms with Gasteiger partial charge < -0.3 is 14.8 Å². The lowest BCUT2D eigenvalue weighted by Gasteiger charge is -2.16. The van der Waals surface area contributed by atoms with Crippen molar-refractivity contribution in [2.45, 2.75) is 32.9 Å². The maximum absolute atomic E-state index is 12.5. The van der Waals surface area contributed by atoms with Crippen LogP contribution >= 0.6 is 12.4 Å². The van der Waals surface area contributed by atoms with Crippen molar-refractivity contribution in [3.8, 4) is 11.5 Å². The fraction of sp³-hybridized carbons (Fsp3) is 0.300. The van der Waals surface area contributed by atoms with Crippen molar-refractivity contribution in [3.05, 3.63) is 53.6 Å². The van der Waals surface area contributed by atoms with Crippen molar-refractivity contribution in [3.63, 3.8) is 0 Å². The van der Waals surface area contributed by atoms with Crippen LogP contribution in [0.3, 0.4) is 0 Å². The fourth-order valence-corrected chi connectivity index (χ4v) is 2.82. The Kier molecular flexibility index (Phi) is 7.21. The molecule has 0 spiro atoms. The molecule has 27 heavy (non-hydrogen) atoms. The van der Waals surface area contributed by atoms with Crippen LogP contribution in [-0.2, 0) is 9.53 Å². The Morgan fingerprint density at radius 1 is 1.15 bits per heavy atom. The van der Waals surface area contributed by atoms with E-state index in [2.05, 4.69) is 10.6 Å². The standard InChI is InChI=1S/C20H22N2O4.ClH/c1-13-5-3-6-17(20(24)26-18-7-4-12-21-18)19(13)25-16-10-8-15(9-11-16)22-14(2)23;/h3,5-6,8-11,18,21H,4,7,12H2,1-2H3,(H,22,23);1H. The topological polar surface area (TPSA) is 76.7 Å². The van der Waals surface area contributed by atoms with Gasteiger partial charge in [-0.2, -0.15) is 0 Å². The first kappa shape index (κ1) is 20.7. The molecule has 1 aliphatic rings. The van der Waals surface area contributed by atoms with E-state index in [4.69, 9.17) is 9.47 Å². The monoisotopic (exact) mass is 390 g/mol. The predicted octanol–water partition coefficient (Wildman–Crippen LogP) is 4.03. The molecule has 2 aromatic rings. The van der Waals surface area contributed by atoms with E-state index >= 15 is 0 Å². The summed E-state index contributed by atoms with van der Waals surface area (Å²) >= 11 is 0. The molecule has 1 heterocycles. The summed E-state index contributed by atoms with van der Waals surface area (Å²) in [6, 6.07) is 12.4. The maximum atomic E-state index is 12.5. The van der Waals surface area contributed by atoms with Crippen LogP contribution in [0.4, 0.5) is 5.69 Å². The van der Waals surface area contributed by atoms with Gasteiger partial charge >= 0.3 is 5.97 Å². The number of aryl methyl sites for hydroxylation is 1. The molecular weight excluding hydrogens is 368 g/mol. The van der Waals surface area contributed by atoms with Crippen molar-refractivity contribution < 1.29 is 19.1 Å². The van der Waals surface area contributed by atoms with Crippen LogP contribution in [0.15, 0.2) is 42.5 Å². The summed E-state index contributed by atoms with van der Waals surface area (Å²) in [5, 5.41) is 5.85. The summed E-state index contributed by atoms with van der Waals surface area (Å²) in [6.07, 6.45) is 1.57. The van der Waals surface area contributed by atoms with Gasteiger partial charge in [0.15, 0.2) is 6.23 Å². The number of halogens is 1. The largest absolute Gasteiger partial charge is 0.456 e. The second-order valence-electron chi connectivity index (χ2n) is 6.25. The zero-order chi connectivity index (χ0) is 18.5. The minimum atomic E-state index is -0.405. The molecule has 3 rings (SSSR count). The number of carbonyl (C=O) groups excluding carboxylic acids is 2. The zero-order valence-electron chi connectivity index (χ0n) is 15.3. The summed E-state index contributed by atoms with van der Waals surface area (Å²) in [4.78, 5) is 23.6. The molecule has 144 valence electrons. The zero-order valence-corrected chi connectivity index (χ0v) is 16.1. The Bertz CT molecular complexity index is 802. The lowest BCUT2D eigenvalue weighted by atomic mass is 10.1. The number of para-hydroxylation sites is 1. The lowest BCUT2D eigenvalue weighted by molar-refractivity contribution is -0.114. The highest BCUT2D eigenvalue weighted by atomic mass is 35.5. The number of esters is 1. The second kappa shape index (κ2) is 9.39. The number of hydrogen-bond donors (Lipinski definition) is 2. The third kappa shape index (κ3) is 5.45. The van der Waals surface area contributed by atoms with Gasteiger partial charge in [0.1, 0.15) is 17.1 Å². The molecule has 1 unspecified atom stereocenters. The van der Waals surface area contributed by atoms with E-state index in [1.165, 1.54) is 6.92 Å². The van der Waals surface area contributed by atoms with Crippen LogP contribution in [-0.4, -0.2) is 24.6 Å². The van der Waals surface area contributed by atoms with Gasteiger partial charge in [0.25, 0.3) is 0 Å². The number of ether oxygens (including phenoxy) is 2. The molecule has 7 heteroatoms. The minimum absolute atomic E-state index is 0. The number of rotatable bonds is 5.